The number of hydrogen-bond acceptors (Lipinski definition) is 2. The van der Waals surface area contributed by atoms with Gasteiger partial charge in [-0.25, -0.2) is 13.2 Å². The molecule has 1 aromatic carbocycles. The Bertz CT molecular complexity index is 398. The number of rotatable bonds is 5. The molecule has 5 heteroatoms. The third-order valence-corrected chi connectivity index (χ3v) is 3.36. The topological polar surface area (TPSA) is 15.3 Å². The molecule has 2 nitrogen and oxygen atoms in total. The van der Waals surface area contributed by atoms with Crippen LogP contribution in [0.25, 0.3) is 0 Å². The molecule has 2 rings (SSSR count). The number of nitrogens with zero attached hydrogens (tertiary/aromatic N) is 1. The van der Waals surface area contributed by atoms with E-state index >= 15 is 0 Å². The highest BCUT2D eigenvalue weighted by Crippen LogP contribution is 2.14. The van der Waals surface area contributed by atoms with Gasteiger partial charge in [0, 0.05) is 19.1 Å². The summed E-state index contributed by atoms with van der Waals surface area (Å²) in [6.07, 6.45) is -0.402. The van der Waals surface area contributed by atoms with Crippen molar-refractivity contribution >= 4 is 0 Å². The molecule has 1 fully saturated rings. The number of likely N-dealkylation sites (tertiary alicyclic amines) is 1. The molecule has 1 N–H and O–H groups in total. The highest BCUT2D eigenvalue weighted by atomic mass is 19.3. The average molecular weight is 272 g/mol. The molecule has 1 atom stereocenters. The molecule has 0 saturated carbocycles. The van der Waals surface area contributed by atoms with Gasteiger partial charge < -0.3 is 5.32 Å². The largest absolute Gasteiger partial charge is 0.307 e. The van der Waals surface area contributed by atoms with E-state index < -0.39 is 6.43 Å². The standard InChI is InChI=1S/C14H19F3N2/c15-12-4-1-3-11(7-12)9-19-6-2-5-13(10-19)18-8-14(16)17/h1,3-4,7,13-14,18H,2,5-6,8-10H2. The van der Waals surface area contributed by atoms with Crippen LogP contribution in [0.3, 0.4) is 0 Å². The van der Waals surface area contributed by atoms with Crippen LogP contribution in [0.5, 0.6) is 0 Å². The lowest BCUT2D eigenvalue weighted by Crippen LogP contribution is -2.46. The van der Waals surface area contributed by atoms with Crippen molar-refractivity contribution in [3.8, 4) is 0 Å². The fourth-order valence-electron chi connectivity index (χ4n) is 2.52. The van der Waals surface area contributed by atoms with E-state index in [1.54, 1.807) is 6.07 Å². The van der Waals surface area contributed by atoms with Gasteiger partial charge in [-0.1, -0.05) is 12.1 Å². The quantitative estimate of drug-likeness (QED) is 0.886. The summed E-state index contributed by atoms with van der Waals surface area (Å²) >= 11 is 0. The van der Waals surface area contributed by atoms with Crippen LogP contribution in [0.2, 0.25) is 0 Å². The molecule has 0 bridgehead atoms. The van der Waals surface area contributed by atoms with Crippen molar-refractivity contribution in [3.05, 3.63) is 35.6 Å². The number of benzene rings is 1. The molecule has 0 radical (unpaired) electrons. The van der Waals surface area contributed by atoms with Gasteiger partial charge in [0.2, 0.25) is 0 Å². The normalized spacial score (nSPS) is 20.9. The van der Waals surface area contributed by atoms with Crippen LogP contribution < -0.4 is 5.32 Å². The minimum atomic E-state index is -2.31. The number of alkyl halides is 2. The molecule has 106 valence electrons. The Morgan fingerprint density at radius 2 is 2.21 bits per heavy atom. The van der Waals surface area contributed by atoms with Crippen molar-refractivity contribution in [2.45, 2.75) is 31.9 Å². The molecule has 1 saturated heterocycles. The van der Waals surface area contributed by atoms with E-state index in [9.17, 15) is 13.2 Å². The molecule has 1 heterocycles. The first-order valence-corrected chi connectivity index (χ1v) is 6.62. The lowest BCUT2D eigenvalue weighted by atomic mass is 10.0. The van der Waals surface area contributed by atoms with Crippen molar-refractivity contribution in [1.82, 2.24) is 10.2 Å². The first-order valence-electron chi connectivity index (χ1n) is 6.62. The minimum Gasteiger partial charge on any atom is -0.307 e. The van der Waals surface area contributed by atoms with Crippen molar-refractivity contribution < 1.29 is 13.2 Å². The summed E-state index contributed by atoms with van der Waals surface area (Å²) in [7, 11) is 0. The molecular weight excluding hydrogens is 253 g/mol. The van der Waals surface area contributed by atoms with Crippen LogP contribution in [0.15, 0.2) is 24.3 Å². The van der Waals surface area contributed by atoms with Crippen molar-refractivity contribution in [2.24, 2.45) is 0 Å². The Kier molecular flexibility index (Phi) is 5.22. The fraction of sp³-hybridized carbons (Fsp3) is 0.571. The fourth-order valence-corrected chi connectivity index (χ4v) is 2.52. The average Bonchev–Trinajstić information content (AvgIpc) is 2.37. The van der Waals surface area contributed by atoms with Gasteiger partial charge in [0.15, 0.2) is 0 Å². The maximum absolute atomic E-state index is 13.1. The number of piperidine rings is 1. The SMILES string of the molecule is Fc1cccc(CN2CCCC(NCC(F)F)C2)c1. The lowest BCUT2D eigenvalue weighted by molar-refractivity contribution is 0.124. The third kappa shape index (κ3) is 4.84. The van der Waals surface area contributed by atoms with Gasteiger partial charge in [-0.15, -0.1) is 0 Å². The molecule has 1 aliphatic rings. The Balaban J connectivity index is 1.83. The summed E-state index contributed by atoms with van der Waals surface area (Å²) in [6.45, 7) is 2.09. The number of nitrogens with one attached hydrogen (secondary N) is 1. The van der Waals surface area contributed by atoms with Gasteiger partial charge >= 0.3 is 0 Å². The molecule has 1 aliphatic heterocycles. The third-order valence-electron chi connectivity index (χ3n) is 3.36. The van der Waals surface area contributed by atoms with Crippen LogP contribution in [-0.2, 0) is 6.54 Å². The van der Waals surface area contributed by atoms with Crippen molar-refractivity contribution in [1.29, 1.82) is 0 Å². The molecule has 1 unspecified atom stereocenters. The second-order valence-corrected chi connectivity index (χ2v) is 5.00. The summed E-state index contributed by atoms with van der Waals surface area (Å²) in [5.74, 6) is -0.234. The number of hydrogen-bond donors (Lipinski definition) is 1. The van der Waals surface area contributed by atoms with E-state index in [4.69, 9.17) is 0 Å². The van der Waals surface area contributed by atoms with Crippen LogP contribution in [-0.4, -0.2) is 37.0 Å². The first kappa shape index (κ1) is 14.3. The summed E-state index contributed by atoms with van der Waals surface area (Å²) in [5, 5.41) is 2.88. The number of halogens is 3. The van der Waals surface area contributed by atoms with E-state index in [-0.39, 0.29) is 18.4 Å². The summed E-state index contributed by atoms with van der Waals surface area (Å²) in [6, 6.07) is 6.64. The Hall–Kier alpha value is -1.07. The Labute approximate surface area is 111 Å². The van der Waals surface area contributed by atoms with Crippen molar-refractivity contribution in [2.75, 3.05) is 19.6 Å². The monoisotopic (exact) mass is 272 g/mol. The molecule has 0 spiro atoms. The maximum atomic E-state index is 13.1. The summed E-state index contributed by atoms with van der Waals surface area (Å²) in [5.41, 5.74) is 0.925. The van der Waals surface area contributed by atoms with Gasteiger partial charge in [0.25, 0.3) is 6.43 Å². The van der Waals surface area contributed by atoms with Crippen LogP contribution >= 0.6 is 0 Å². The smallest absolute Gasteiger partial charge is 0.250 e. The van der Waals surface area contributed by atoms with Crippen molar-refractivity contribution in [3.63, 3.8) is 0 Å². The first-order chi connectivity index (χ1) is 9.13. The molecule has 0 aromatic heterocycles. The van der Waals surface area contributed by atoms with E-state index in [2.05, 4.69) is 10.2 Å². The molecule has 19 heavy (non-hydrogen) atoms. The summed E-state index contributed by atoms with van der Waals surface area (Å²) < 4.78 is 37.4. The Morgan fingerprint density at radius 1 is 1.37 bits per heavy atom. The Morgan fingerprint density at radius 3 is 2.95 bits per heavy atom. The van der Waals surface area contributed by atoms with Gasteiger partial charge in [-0.2, -0.15) is 0 Å². The predicted molar refractivity (Wildman–Crippen MR) is 68.7 cm³/mol. The van der Waals surface area contributed by atoms with Crippen LogP contribution in [0.1, 0.15) is 18.4 Å². The molecule has 1 aromatic rings. The molecule has 0 amide bonds. The predicted octanol–water partition coefficient (Wildman–Crippen LogP) is 2.64. The minimum absolute atomic E-state index is 0.108. The van der Waals surface area contributed by atoms with E-state index in [0.29, 0.717) is 6.54 Å². The van der Waals surface area contributed by atoms with E-state index in [1.165, 1.54) is 12.1 Å². The second kappa shape index (κ2) is 6.91. The summed E-state index contributed by atoms with van der Waals surface area (Å²) in [4.78, 5) is 2.18. The van der Waals surface area contributed by atoms with Gasteiger partial charge in [-0.3, -0.25) is 4.90 Å². The highest BCUT2D eigenvalue weighted by Gasteiger charge is 2.20. The zero-order chi connectivity index (χ0) is 13.7. The highest BCUT2D eigenvalue weighted by molar-refractivity contribution is 5.16. The molecular formula is C14H19F3N2. The second-order valence-electron chi connectivity index (χ2n) is 5.00. The van der Waals surface area contributed by atoms with Crippen LogP contribution in [0, 0.1) is 5.82 Å². The van der Waals surface area contributed by atoms with Gasteiger partial charge in [0.05, 0.1) is 6.54 Å². The van der Waals surface area contributed by atoms with E-state index in [1.807, 2.05) is 6.07 Å². The van der Waals surface area contributed by atoms with E-state index in [0.717, 1.165) is 31.5 Å². The lowest BCUT2D eigenvalue weighted by Gasteiger charge is -2.33. The maximum Gasteiger partial charge on any atom is 0.250 e. The van der Waals surface area contributed by atoms with Gasteiger partial charge in [0.1, 0.15) is 5.82 Å². The zero-order valence-electron chi connectivity index (χ0n) is 10.8. The zero-order valence-corrected chi connectivity index (χ0v) is 10.8. The molecule has 0 aliphatic carbocycles. The van der Waals surface area contributed by atoms with Gasteiger partial charge in [-0.05, 0) is 37.1 Å². The van der Waals surface area contributed by atoms with Crippen LogP contribution in [0.4, 0.5) is 13.2 Å².